The number of benzene rings is 1. The maximum absolute atomic E-state index is 5.88. The molecule has 1 aliphatic rings. The number of aliphatic imine (C=N–C) groups is 1. The minimum Gasteiger partial charge on any atom is -0.496 e. The lowest BCUT2D eigenvalue weighted by Crippen LogP contribution is -2.50. The molecule has 0 bridgehead atoms. The van der Waals surface area contributed by atoms with Gasteiger partial charge in [0.05, 0.1) is 19.8 Å². The molecule has 0 amide bonds. The van der Waals surface area contributed by atoms with Gasteiger partial charge in [0.25, 0.3) is 0 Å². The Morgan fingerprint density at radius 1 is 1.36 bits per heavy atom. The van der Waals surface area contributed by atoms with E-state index < -0.39 is 0 Å². The van der Waals surface area contributed by atoms with Crippen molar-refractivity contribution in [3.05, 3.63) is 29.8 Å². The third-order valence-corrected chi connectivity index (χ3v) is 4.21. The minimum atomic E-state index is 0.192. The summed E-state index contributed by atoms with van der Waals surface area (Å²) in [6.45, 7) is 9.84. The molecule has 1 aromatic rings. The van der Waals surface area contributed by atoms with Crippen molar-refractivity contribution >= 4 is 5.96 Å². The standard InChI is InChI=1S/C19H32N4O2/c1-15(2)13-23-9-10-25-17(14-23)12-22-19(20-3)21-11-16-7-5-6-8-18(16)24-4/h5-8,15,17H,9-14H2,1-4H3,(H2,20,21,22). The molecule has 6 heteroatoms. The number of nitrogens with zero attached hydrogens (tertiary/aromatic N) is 2. The highest BCUT2D eigenvalue weighted by atomic mass is 16.5. The Bertz CT molecular complexity index is 548. The number of rotatable bonds is 7. The van der Waals surface area contributed by atoms with Crippen molar-refractivity contribution in [3.63, 3.8) is 0 Å². The van der Waals surface area contributed by atoms with E-state index in [1.807, 2.05) is 24.3 Å². The maximum Gasteiger partial charge on any atom is 0.191 e. The molecule has 1 unspecified atom stereocenters. The molecule has 25 heavy (non-hydrogen) atoms. The fraction of sp³-hybridized carbons (Fsp3) is 0.632. The maximum atomic E-state index is 5.88. The molecule has 1 saturated heterocycles. The van der Waals surface area contributed by atoms with Crippen molar-refractivity contribution in [2.24, 2.45) is 10.9 Å². The van der Waals surface area contributed by atoms with Crippen LogP contribution in [-0.4, -0.2) is 63.9 Å². The lowest BCUT2D eigenvalue weighted by molar-refractivity contribution is -0.0284. The Morgan fingerprint density at radius 2 is 2.16 bits per heavy atom. The van der Waals surface area contributed by atoms with E-state index in [1.165, 1.54) is 0 Å². The van der Waals surface area contributed by atoms with Crippen LogP contribution in [0.15, 0.2) is 29.3 Å². The van der Waals surface area contributed by atoms with Gasteiger partial charge in [0, 0.05) is 45.3 Å². The summed E-state index contributed by atoms with van der Waals surface area (Å²) < 4.78 is 11.3. The molecule has 1 aliphatic heterocycles. The Balaban J connectivity index is 1.78. The van der Waals surface area contributed by atoms with Crippen molar-refractivity contribution in [2.75, 3.05) is 46.9 Å². The van der Waals surface area contributed by atoms with E-state index >= 15 is 0 Å². The molecule has 1 heterocycles. The van der Waals surface area contributed by atoms with E-state index in [0.29, 0.717) is 12.5 Å². The minimum absolute atomic E-state index is 0.192. The summed E-state index contributed by atoms with van der Waals surface area (Å²) in [6.07, 6.45) is 0.192. The van der Waals surface area contributed by atoms with Crippen LogP contribution in [-0.2, 0) is 11.3 Å². The molecule has 140 valence electrons. The third kappa shape index (κ3) is 6.55. The Hall–Kier alpha value is -1.79. The van der Waals surface area contributed by atoms with Crippen molar-refractivity contribution in [3.8, 4) is 5.75 Å². The van der Waals surface area contributed by atoms with E-state index in [9.17, 15) is 0 Å². The molecule has 2 N–H and O–H groups in total. The van der Waals surface area contributed by atoms with Crippen molar-refractivity contribution in [2.45, 2.75) is 26.5 Å². The highest BCUT2D eigenvalue weighted by molar-refractivity contribution is 5.79. The van der Waals surface area contributed by atoms with Crippen LogP contribution in [0.2, 0.25) is 0 Å². The Kier molecular flexibility index (Phi) is 8.01. The molecule has 0 aliphatic carbocycles. The van der Waals surface area contributed by atoms with E-state index in [1.54, 1.807) is 14.2 Å². The molecule has 0 radical (unpaired) electrons. The van der Waals surface area contributed by atoms with Gasteiger partial charge in [-0.15, -0.1) is 0 Å². The third-order valence-electron chi connectivity index (χ3n) is 4.21. The largest absolute Gasteiger partial charge is 0.496 e. The summed E-state index contributed by atoms with van der Waals surface area (Å²) in [5, 5.41) is 6.70. The smallest absolute Gasteiger partial charge is 0.191 e. The molecular formula is C19H32N4O2. The van der Waals surface area contributed by atoms with Gasteiger partial charge in [0.15, 0.2) is 5.96 Å². The number of para-hydroxylation sites is 1. The van der Waals surface area contributed by atoms with Crippen LogP contribution in [0.3, 0.4) is 0 Å². The highest BCUT2D eigenvalue weighted by Crippen LogP contribution is 2.16. The predicted octanol–water partition coefficient (Wildman–Crippen LogP) is 1.72. The van der Waals surface area contributed by atoms with Crippen LogP contribution in [0.5, 0.6) is 5.75 Å². The van der Waals surface area contributed by atoms with Gasteiger partial charge in [0.2, 0.25) is 0 Å². The van der Waals surface area contributed by atoms with Crippen LogP contribution in [0.1, 0.15) is 19.4 Å². The van der Waals surface area contributed by atoms with Gasteiger partial charge in [-0.2, -0.15) is 0 Å². The number of hydrogen-bond donors (Lipinski definition) is 2. The quantitative estimate of drug-likeness (QED) is 0.580. The summed E-state index contributed by atoms with van der Waals surface area (Å²) in [5.41, 5.74) is 1.10. The zero-order valence-corrected chi connectivity index (χ0v) is 15.9. The Morgan fingerprint density at radius 3 is 2.88 bits per heavy atom. The normalized spacial score (nSPS) is 19.1. The molecule has 0 aromatic heterocycles. The first kappa shape index (κ1) is 19.5. The fourth-order valence-corrected chi connectivity index (χ4v) is 3.05. The number of methoxy groups -OCH3 is 1. The van der Waals surface area contributed by atoms with E-state index in [2.05, 4.69) is 34.4 Å². The van der Waals surface area contributed by atoms with E-state index in [4.69, 9.17) is 9.47 Å². The Labute approximate surface area is 151 Å². The number of nitrogens with one attached hydrogen (secondary N) is 2. The molecule has 0 saturated carbocycles. The average Bonchev–Trinajstić information content (AvgIpc) is 2.62. The number of morpholine rings is 1. The number of hydrogen-bond acceptors (Lipinski definition) is 4. The van der Waals surface area contributed by atoms with Crippen LogP contribution < -0.4 is 15.4 Å². The molecule has 6 nitrogen and oxygen atoms in total. The topological polar surface area (TPSA) is 58.1 Å². The molecular weight excluding hydrogens is 316 g/mol. The lowest BCUT2D eigenvalue weighted by atomic mass is 10.2. The van der Waals surface area contributed by atoms with E-state index in [-0.39, 0.29) is 6.10 Å². The second-order valence-electron chi connectivity index (χ2n) is 6.76. The molecule has 1 aromatic carbocycles. The summed E-state index contributed by atoms with van der Waals surface area (Å²) in [4.78, 5) is 6.77. The summed E-state index contributed by atoms with van der Waals surface area (Å²) in [7, 11) is 3.47. The van der Waals surface area contributed by atoms with Gasteiger partial charge in [-0.05, 0) is 12.0 Å². The van der Waals surface area contributed by atoms with Gasteiger partial charge in [-0.1, -0.05) is 32.0 Å². The number of ether oxygens (including phenoxy) is 2. The second-order valence-corrected chi connectivity index (χ2v) is 6.76. The van der Waals surface area contributed by atoms with Gasteiger partial charge < -0.3 is 20.1 Å². The predicted molar refractivity (Wildman–Crippen MR) is 102 cm³/mol. The first-order chi connectivity index (χ1) is 12.1. The fourth-order valence-electron chi connectivity index (χ4n) is 3.05. The molecule has 0 spiro atoms. The van der Waals surface area contributed by atoms with Crippen LogP contribution in [0.25, 0.3) is 0 Å². The lowest BCUT2D eigenvalue weighted by Gasteiger charge is -2.34. The monoisotopic (exact) mass is 348 g/mol. The molecule has 1 atom stereocenters. The van der Waals surface area contributed by atoms with Crippen molar-refractivity contribution in [1.29, 1.82) is 0 Å². The summed E-state index contributed by atoms with van der Waals surface area (Å²) in [6, 6.07) is 7.99. The first-order valence-corrected chi connectivity index (χ1v) is 9.02. The SMILES string of the molecule is CN=C(NCc1ccccc1OC)NCC1CN(CC(C)C)CCO1. The summed E-state index contributed by atoms with van der Waals surface area (Å²) >= 11 is 0. The zero-order valence-electron chi connectivity index (χ0n) is 15.9. The average molecular weight is 348 g/mol. The van der Waals surface area contributed by atoms with Crippen molar-refractivity contribution < 1.29 is 9.47 Å². The molecule has 2 rings (SSSR count). The van der Waals surface area contributed by atoms with Crippen LogP contribution in [0.4, 0.5) is 0 Å². The molecule has 1 fully saturated rings. The highest BCUT2D eigenvalue weighted by Gasteiger charge is 2.21. The van der Waals surface area contributed by atoms with Crippen molar-refractivity contribution in [1.82, 2.24) is 15.5 Å². The van der Waals surface area contributed by atoms with Gasteiger partial charge in [-0.3, -0.25) is 9.89 Å². The first-order valence-electron chi connectivity index (χ1n) is 9.02. The van der Waals surface area contributed by atoms with Crippen LogP contribution >= 0.6 is 0 Å². The van der Waals surface area contributed by atoms with E-state index in [0.717, 1.165) is 50.1 Å². The summed E-state index contributed by atoms with van der Waals surface area (Å²) in [5.74, 6) is 2.34. The second kappa shape index (κ2) is 10.3. The van der Waals surface area contributed by atoms with Gasteiger partial charge in [-0.25, -0.2) is 0 Å². The van der Waals surface area contributed by atoms with Gasteiger partial charge in [0.1, 0.15) is 5.75 Å². The van der Waals surface area contributed by atoms with Gasteiger partial charge >= 0.3 is 0 Å². The van der Waals surface area contributed by atoms with Crippen LogP contribution in [0, 0.1) is 5.92 Å². The zero-order chi connectivity index (χ0) is 18.1. The number of guanidine groups is 1.